The summed E-state index contributed by atoms with van der Waals surface area (Å²) in [5, 5.41) is 3.53. The maximum Gasteiger partial charge on any atom is 0.223 e. The minimum absolute atomic E-state index is 0.0275. The van der Waals surface area contributed by atoms with Crippen molar-refractivity contribution in [3.8, 4) is 0 Å². The highest BCUT2D eigenvalue weighted by Crippen LogP contribution is 1.95. The first-order valence-corrected chi connectivity index (χ1v) is 5.65. The van der Waals surface area contributed by atoms with E-state index in [2.05, 4.69) is 19.4 Å². The van der Waals surface area contributed by atoms with Crippen molar-refractivity contribution in [2.75, 3.05) is 12.3 Å². The molecular weight excluding hydrogens is 208 g/mol. The van der Waals surface area contributed by atoms with Crippen LogP contribution in [0.2, 0.25) is 0 Å². The van der Waals surface area contributed by atoms with Gasteiger partial charge in [0.2, 0.25) is 15.9 Å². The third kappa shape index (κ3) is 3.40. The van der Waals surface area contributed by atoms with Crippen molar-refractivity contribution in [2.24, 2.45) is 5.73 Å². The van der Waals surface area contributed by atoms with Crippen LogP contribution in [0.15, 0.2) is 4.52 Å². The van der Waals surface area contributed by atoms with Gasteiger partial charge in [-0.2, -0.15) is 4.98 Å². The van der Waals surface area contributed by atoms with Gasteiger partial charge in [-0.05, 0) is 0 Å². The smallest absolute Gasteiger partial charge is 0.223 e. The van der Waals surface area contributed by atoms with Crippen LogP contribution in [0, 0.1) is 6.92 Å². The predicted octanol–water partition coefficient (Wildman–Crippen LogP) is -1.24. The van der Waals surface area contributed by atoms with Crippen LogP contribution in [0.1, 0.15) is 11.7 Å². The second kappa shape index (κ2) is 4.49. The largest absolute Gasteiger partial charge is 0.340 e. The van der Waals surface area contributed by atoms with Crippen LogP contribution < -0.4 is 10.5 Å². The topological polar surface area (TPSA) is 111 Å². The summed E-state index contributed by atoms with van der Waals surface area (Å²) < 4.78 is 29.2. The normalized spacial score (nSPS) is 11.9. The van der Waals surface area contributed by atoms with E-state index in [0.29, 0.717) is 11.7 Å². The zero-order valence-corrected chi connectivity index (χ0v) is 8.54. The Bertz CT molecular complexity index is 386. The van der Waals surface area contributed by atoms with E-state index in [1.165, 1.54) is 0 Å². The Morgan fingerprint density at radius 1 is 1.57 bits per heavy atom. The third-order valence-corrected chi connectivity index (χ3v) is 2.76. The van der Waals surface area contributed by atoms with Gasteiger partial charge >= 0.3 is 0 Å². The van der Waals surface area contributed by atoms with Crippen molar-refractivity contribution >= 4 is 10.0 Å². The monoisotopic (exact) mass is 220 g/mol. The Balaban J connectivity index is 2.48. The predicted molar refractivity (Wildman–Crippen MR) is 48.7 cm³/mol. The van der Waals surface area contributed by atoms with E-state index in [1.54, 1.807) is 6.92 Å². The molecule has 0 aliphatic heterocycles. The Hall–Kier alpha value is -0.990. The second-order valence-electron chi connectivity index (χ2n) is 2.66. The van der Waals surface area contributed by atoms with Gasteiger partial charge in [-0.15, -0.1) is 0 Å². The molecule has 0 saturated heterocycles. The van der Waals surface area contributed by atoms with Crippen LogP contribution in [0.25, 0.3) is 0 Å². The van der Waals surface area contributed by atoms with Gasteiger partial charge in [0.25, 0.3) is 0 Å². The summed E-state index contributed by atoms with van der Waals surface area (Å²) >= 11 is 0. The number of hydrogen-bond donors (Lipinski definition) is 2. The van der Waals surface area contributed by atoms with Crippen molar-refractivity contribution in [3.05, 3.63) is 11.7 Å². The van der Waals surface area contributed by atoms with Crippen molar-refractivity contribution in [3.63, 3.8) is 0 Å². The molecule has 0 aromatic carbocycles. The molecule has 1 aromatic heterocycles. The molecule has 1 aromatic rings. The van der Waals surface area contributed by atoms with Crippen molar-refractivity contribution < 1.29 is 12.9 Å². The van der Waals surface area contributed by atoms with Crippen LogP contribution in [-0.4, -0.2) is 30.9 Å². The Labute approximate surface area is 81.7 Å². The summed E-state index contributed by atoms with van der Waals surface area (Å²) in [4.78, 5) is 3.84. The number of nitrogens with two attached hydrogens (primary N) is 1. The summed E-state index contributed by atoms with van der Waals surface area (Å²) in [6.07, 6.45) is 0. The molecule has 0 atom stereocenters. The lowest BCUT2D eigenvalue weighted by Gasteiger charge is -2.01. The number of aromatic nitrogens is 2. The standard InChI is InChI=1S/C6H12N4O3S/c1-5-9-6(10-13-5)4-8-14(11,12)3-2-7/h8H,2-4,7H2,1H3. The lowest BCUT2D eigenvalue weighted by Crippen LogP contribution is -2.29. The fraction of sp³-hybridized carbons (Fsp3) is 0.667. The molecule has 3 N–H and O–H groups in total. The van der Waals surface area contributed by atoms with Crippen LogP contribution in [-0.2, 0) is 16.6 Å². The molecule has 0 aliphatic rings. The Morgan fingerprint density at radius 2 is 2.29 bits per heavy atom. The maximum absolute atomic E-state index is 11.1. The average molecular weight is 220 g/mol. The molecule has 0 saturated carbocycles. The Kier molecular flexibility index (Phi) is 3.55. The van der Waals surface area contributed by atoms with E-state index in [1.807, 2.05) is 0 Å². The first-order valence-electron chi connectivity index (χ1n) is 4.00. The van der Waals surface area contributed by atoms with Crippen LogP contribution >= 0.6 is 0 Å². The molecule has 14 heavy (non-hydrogen) atoms. The van der Waals surface area contributed by atoms with Gasteiger partial charge in [-0.3, -0.25) is 0 Å². The van der Waals surface area contributed by atoms with Gasteiger partial charge in [0.1, 0.15) is 0 Å². The SMILES string of the molecule is Cc1nc(CNS(=O)(=O)CCN)no1. The molecule has 0 aliphatic carbocycles. The third-order valence-electron chi connectivity index (χ3n) is 1.41. The van der Waals surface area contributed by atoms with Crippen LogP contribution in [0.5, 0.6) is 0 Å². The van der Waals surface area contributed by atoms with E-state index in [-0.39, 0.29) is 18.8 Å². The average Bonchev–Trinajstić information content (AvgIpc) is 2.48. The maximum atomic E-state index is 11.1. The first-order chi connectivity index (χ1) is 6.53. The first kappa shape index (κ1) is 11.1. The highest BCUT2D eigenvalue weighted by atomic mass is 32.2. The Morgan fingerprint density at radius 3 is 2.79 bits per heavy atom. The van der Waals surface area contributed by atoms with Crippen molar-refractivity contribution in [2.45, 2.75) is 13.5 Å². The zero-order valence-electron chi connectivity index (χ0n) is 7.73. The molecule has 0 amide bonds. The van der Waals surface area contributed by atoms with Gasteiger partial charge in [0.05, 0.1) is 12.3 Å². The molecule has 0 unspecified atom stereocenters. The molecule has 0 bridgehead atoms. The number of nitrogens with one attached hydrogen (secondary N) is 1. The summed E-state index contributed by atoms with van der Waals surface area (Å²) in [7, 11) is -3.32. The highest BCUT2D eigenvalue weighted by Gasteiger charge is 2.10. The van der Waals surface area contributed by atoms with E-state index in [4.69, 9.17) is 5.73 Å². The molecule has 0 radical (unpaired) electrons. The van der Waals surface area contributed by atoms with E-state index >= 15 is 0 Å². The number of aryl methyl sites for hydroxylation is 1. The minimum atomic E-state index is -3.32. The van der Waals surface area contributed by atoms with Gasteiger partial charge in [-0.1, -0.05) is 5.16 Å². The lowest BCUT2D eigenvalue weighted by molar-refractivity contribution is 0.387. The molecular formula is C6H12N4O3S. The van der Waals surface area contributed by atoms with Crippen molar-refractivity contribution in [1.82, 2.24) is 14.9 Å². The van der Waals surface area contributed by atoms with Crippen molar-refractivity contribution in [1.29, 1.82) is 0 Å². The summed E-state index contributed by atoms with van der Waals surface area (Å²) in [5.41, 5.74) is 5.12. The highest BCUT2D eigenvalue weighted by molar-refractivity contribution is 7.89. The molecule has 0 fully saturated rings. The summed E-state index contributed by atoms with van der Waals surface area (Å²) in [6.45, 7) is 1.74. The molecule has 0 spiro atoms. The zero-order chi connectivity index (χ0) is 10.6. The summed E-state index contributed by atoms with van der Waals surface area (Å²) in [6, 6.07) is 0. The lowest BCUT2D eigenvalue weighted by atomic mass is 10.6. The molecule has 7 nitrogen and oxygen atoms in total. The number of nitrogens with zero attached hydrogens (tertiary/aromatic N) is 2. The van der Waals surface area contributed by atoms with Gasteiger partial charge in [0.15, 0.2) is 5.82 Å². The number of hydrogen-bond acceptors (Lipinski definition) is 6. The van der Waals surface area contributed by atoms with E-state index in [0.717, 1.165) is 0 Å². The number of sulfonamides is 1. The molecule has 80 valence electrons. The van der Waals surface area contributed by atoms with Crippen LogP contribution in [0.3, 0.4) is 0 Å². The molecule has 1 heterocycles. The summed E-state index contributed by atoms with van der Waals surface area (Å²) in [5.74, 6) is 0.602. The number of rotatable bonds is 5. The quantitative estimate of drug-likeness (QED) is 0.641. The minimum Gasteiger partial charge on any atom is -0.340 e. The fourth-order valence-electron chi connectivity index (χ4n) is 0.815. The van der Waals surface area contributed by atoms with Gasteiger partial charge in [0, 0.05) is 13.5 Å². The molecule has 1 rings (SSSR count). The van der Waals surface area contributed by atoms with E-state index in [9.17, 15) is 8.42 Å². The van der Waals surface area contributed by atoms with E-state index < -0.39 is 10.0 Å². The molecule has 8 heteroatoms. The second-order valence-corrected chi connectivity index (χ2v) is 4.58. The van der Waals surface area contributed by atoms with Gasteiger partial charge < -0.3 is 10.3 Å². The van der Waals surface area contributed by atoms with Crippen LogP contribution in [0.4, 0.5) is 0 Å². The van der Waals surface area contributed by atoms with Gasteiger partial charge in [-0.25, -0.2) is 13.1 Å². The fourth-order valence-corrected chi connectivity index (χ4v) is 1.62.